The zero-order valence-electron chi connectivity index (χ0n) is 16.2. The second-order valence-corrected chi connectivity index (χ2v) is 6.38. The van der Waals surface area contributed by atoms with Crippen molar-refractivity contribution in [3.63, 3.8) is 0 Å². The number of anilines is 1. The minimum absolute atomic E-state index is 0.129. The molecule has 2 aromatic carbocycles. The van der Waals surface area contributed by atoms with Gasteiger partial charge in [0.2, 0.25) is 5.76 Å². The first-order chi connectivity index (χ1) is 13.9. The number of carbonyl (C=O) groups excluding carboxylic acids is 2. The third-order valence-electron chi connectivity index (χ3n) is 4.21. The van der Waals surface area contributed by atoms with Gasteiger partial charge in [-0.3, -0.25) is 4.79 Å². The van der Waals surface area contributed by atoms with Crippen LogP contribution in [0.2, 0.25) is 0 Å². The predicted octanol–water partition coefficient (Wildman–Crippen LogP) is 4.59. The number of furan rings is 1. The molecule has 0 bridgehead atoms. The lowest BCUT2D eigenvalue weighted by Gasteiger charge is -2.15. The van der Waals surface area contributed by atoms with Crippen LogP contribution in [0, 0.1) is 12.7 Å². The Labute approximate surface area is 167 Å². The van der Waals surface area contributed by atoms with E-state index in [4.69, 9.17) is 13.9 Å². The molecule has 0 spiro atoms. The van der Waals surface area contributed by atoms with Crippen LogP contribution >= 0.6 is 0 Å². The van der Waals surface area contributed by atoms with Crippen molar-refractivity contribution in [1.82, 2.24) is 0 Å². The number of hydrogen-bond donors (Lipinski definition) is 1. The molecule has 1 heterocycles. The quantitative estimate of drug-likeness (QED) is 0.616. The summed E-state index contributed by atoms with van der Waals surface area (Å²) in [5.74, 6) is -1.27. The molecule has 3 rings (SSSR count). The standard InChI is InChI=1S/C22H20FNO5/c1-13-8-9-19(27-3)17(12-13)24-21(25)14(2)28-22(26)20-11-10-18(29-20)15-6-4-5-7-16(15)23/h4-12,14H,1-3H3,(H,24,25)/t14-/m1/s1. The largest absolute Gasteiger partial charge is 0.495 e. The van der Waals surface area contributed by atoms with E-state index in [-0.39, 0.29) is 17.1 Å². The number of benzene rings is 2. The Balaban J connectivity index is 1.67. The lowest BCUT2D eigenvalue weighted by molar-refractivity contribution is -0.123. The molecule has 0 aliphatic heterocycles. The molecule has 0 fully saturated rings. The highest BCUT2D eigenvalue weighted by atomic mass is 19.1. The first-order valence-corrected chi connectivity index (χ1v) is 8.90. The average molecular weight is 397 g/mol. The third-order valence-corrected chi connectivity index (χ3v) is 4.21. The van der Waals surface area contributed by atoms with Crippen LogP contribution in [0.1, 0.15) is 23.0 Å². The van der Waals surface area contributed by atoms with Crippen LogP contribution in [-0.4, -0.2) is 25.1 Å². The topological polar surface area (TPSA) is 77.8 Å². The molecule has 29 heavy (non-hydrogen) atoms. The van der Waals surface area contributed by atoms with Gasteiger partial charge < -0.3 is 19.2 Å². The summed E-state index contributed by atoms with van der Waals surface area (Å²) in [5, 5.41) is 2.68. The van der Waals surface area contributed by atoms with Gasteiger partial charge in [-0.25, -0.2) is 9.18 Å². The fraction of sp³-hybridized carbons (Fsp3) is 0.182. The van der Waals surface area contributed by atoms with E-state index in [1.165, 1.54) is 38.3 Å². The van der Waals surface area contributed by atoms with Crippen LogP contribution in [0.3, 0.4) is 0 Å². The molecule has 6 nitrogen and oxygen atoms in total. The number of amides is 1. The number of methoxy groups -OCH3 is 1. The summed E-state index contributed by atoms with van der Waals surface area (Å²) in [6.45, 7) is 3.32. The summed E-state index contributed by atoms with van der Waals surface area (Å²) in [7, 11) is 1.49. The Kier molecular flexibility index (Phi) is 5.97. The summed E-state index contributed by atoms with van der Waals surface area (Å²) in [6.07, 6.45) is -1.09. The monoisotopic (exact) mass is 397 g/mol. The maximum absolute atomic E-state index is 13.9. The minimum atomic E-state index is -1.09. The van der Waals surface area contributed by atoms with Crippen LogP contribution in [0.5, 0.6) is 5.75 Å². The second kappa shape index (κ2) is 8.60. The zero-order chi connectivity index (χ0) is 21.0. The van der Waals surface area contributed by atoms with Gasteiger partial charge in [-0.1, -0.05) is 18.2 Å². The van der Waals surface area contributed by atoms with E-state index in [1.54, 1.807) is 24.3 Å². The van der Waals surface area contributed by atoms with E-state index in [0.29, 0.717) is 11.4 Å². The number of ether oxygens (including phenoxy) is 2. The number of carbonyl (C=O) groups is 2. The first-order valence-electron chi connectivity index (χ1n) is 8.90. The van der Waals surface area contributed by atoms with E-state index in [2.05, 4.69) is 5.32 Å². The average Bonchev–Trinajstić information content (AvgIpc) is 3.18. The van der Waals surface area contributed by atoms with Crippen LogP contribution < -0.4 is 10.1 Å². The number of halogens is 1. The van der Waals surface area contributed by atoms with Crippen molar-refractivity contribution in [3.05, 3.63) is 71.7 Å². The molecule has 1 aromatic heterocycles. The number of nitrogens with one attached hydrogen (secondary N) is 1. The fourth-order valence-corrected chi connectivity index (χ4v) is 2.68. The third kappa shape index (κ3) is 4.63. The lowest BCUT2D eigenvalue weighted by atomic mass is 10.1. The molecule has 0 aliphatic rings. The summed E-state index contributed by atoms with van der Waals surface area (Å²) < 4.78 is 29.6. The van der Waals surface area contributed by atoms with Gasteiger partial charge in [0.05, 0.1) is 18.4 Å². The van der Waals surface area contributed by atoms with Crippen molar-refractivity contribution in [1.29, 1.82) is 0 Å². The number of rotatable bonds is 6. The highest BCUT2D eigenvalue weighted by molar-refractivity contribution is 5.97. The summed E-state index contributed by atoms with van der Waals surface area (Å²) in [4.78, 5) is 24.7. The maximum atomic E-state index is 13.9. The molecule has 1 amide bonds. The maximum Gasteiger partial charge on any atom is 0.375 e. The first kappa shape index (κ1) is 20.1. The number of aryl methyl sites for hydroxylation is 1. The Morgan fingerprint density at radius 2 is 1.86 bits per heavy atom. The lowest BCUT2D eigenvalue weighted by Crippen LogP contribution is -2.30. The Morgan fingerprint density at radius 1 is 1.10 bits per heavy atom. The zero-order valence-corrected chi connectivity index (χ0v) is 16.2. The van der Waals surface area contributed by atoms with Gasteiger partial charge in [-0.15, -0.1) is 0 Å². The van der Waals surface area contributed by atoms with E-state index >= 15 is 0 Å². The molecule has 0 saturated heterocycles. The van der Waals surface area contributed by atoms with Crippen molar-refractivity contribution in [2.45, 2.75) is 20.0 Å². The molecule has 3 aromatic rings. The minimum Gasteiger partial charge on any atom is -0.495 e. The van der Waals surface area contributed by atoms with Crippen LogP contribution in [0.4, 0.5) is 10.1 Å². The van der Waals surface area contributed by atoms with Gasteiger partial charge in [0, 0.05) is 0 Å². The van der Waals surface area contributed by atoms with Crippen LogP contribution in [-0.2, 0) is 9.53 Å². The van der Waals surface area contributed by atoms with E-state index in [0.717, 1.165) is 5.56 Å². The molecule has 0 radical (unpaired) electrons. The molecule has 7 heteroatoms. The summed E-state index contributed by atoms with van der Waals surface area (Å²) in [5.41, 5.74) is 1.63. The molecule has 0 aliphatic carbocycles. The van der Waals surface area contributed by atoms with Crippen molar-refractivity contribution in [2.75, 3.05) is 12.4 Å². The molecular formula is C22H20FNO5. The Morgan fingerprint density at radius 3 is 2.59 bits per heavy atom. The normalized spacial score (nSPS) is 11.6. The fourth-order valence-electron chi connectivity index (χ4n) is 2.68. The van der Waals surface area contributed by atoms with Crippen LogP contribution in [0.25, 0.3) is 11.3 Å². The van der Waals surface area contributed by atoms with Crippen LogP contribution in [0.15, 0.2) is 59.0 Å². The molecule has 1 N–H and O–H groups in total. The highest BCUT2D eigenvalue weighted by Gasteiger charge is 2.23. The van der Waals surface area contributed by atoms with Gasteiger partial charge in [-0.05, 0) is 55.8 Å². The second-order valence-electron chi connectivity index (χ2n) is 6.38. The molecule has 150 valence electrons. The predicted molar refractivity (Wildman–Crippen MR) is 105 cm³/mol. The molecular weight excluding hydrogens is 377 g/mol. The smallest absolute Gasteiger partial charge is 0.375 e. The van der Waals surface area contributed by atoms with Gasteiger partial charge in [0.15, 0.2) is 6.10 Å². The van der Waals surface area contributed by atoms with E-state index in [1.807, 2.05) is 13.0 Å². The van der Waals surface area contributed by atoms with Gasteiger partial charge >= 0.3 is 5.97 Å². The SMILES string of the molecule is COc1ccc(C)cc1NC(=O)[C@@H](C)OC(=O)c1ccc(-c2ccccc2F)o1. The molecule has 0 saturated carbocycles. The molecule has 1 atom stereocenters. The van der Waals surface area contributed by atoms with Gasteiger partial charge in [0.25, 0.3) is 5.91 Å². The van der Waals surface area contributed by atoms with Crippen molar-refractivity contribution >= 4 is 17.6 Å². The van der Waals surface area contributed by atoms with Crippen molar-refractivity contribution < 1.29 is 27.9 Å². The number of esters is 1. The van der Waals surface area contributed by atoms with Gasteiger partial charge in [0.1, 0.15) is 17.3 Å². The number of hydrogen-bond acceptors (Lipinski definition) is 5. The molecule has 0 unspecified atom stereocenters. The van der Waals surface area contributed by atoms with E-state index < -0.39 is 23.8 Å². The van der Waals surface area contributed by atoms with E-state index in [9.17, 15) is 14.0 Å². The summed E-state index contributed by atoms with van der Waals surface area (Å²) >= 11 is 0. The van der Waals surface area contributed by atoms with Gasteiger partial charge in [-0.2, -0.15) is 0 Å². The van der Waals surface area contributed by atoms with Crippen molar-refractivity contribution in [3.8, 4) is 17.1 Å². The van der Waals surface area contributed by atoms with Crippen molar-refractivity contribution in [2.24, 2.45) is 0 Å². The summed E-state index contributed by atoms with van der Waals surface area (Å²) in [6, 6.07) is 14.2. The Hall–Kier alpha value is -3.61. The highest BCUT2D eigenvalue weighted by Crippen LogP contribution is 2.27. The Bertz CT molecular complexity index is 1040.